The van der Waals surface area contributed by atoms with Crippen molar-refractivity contribution in [2.24, 2.45) is 0 Å². The van der Waals surface area contributed by atoms with Gasteiger partial charge in [0, 0.05) is 31.6 Å². The van der Waals surface area contributed by atoms with Crippen LogP contribution in [0.15, 0.2) is 18.3 Å². The fraction of sp³-hybridized carbons (Fsp3) is 0.533. The maximum absolute atomic E-state index is 12.7. The molecule has 0 radical (unpaired) electrons. The Morgan fingerprint density at radius 1 is 1.32 bits per heavy atom. The number of anilines is 1. The normalized spacial score (nSPS) is 10.9. The summed E-state index contributed by atoms with van der Waals surface area (Å²) in [4.78, 5) is 15.3. The molecular weight excluding hydrogens is 287 g/mol. The van der Waals surface area contributed by atoms with Crippen LogP contribution in [0.5, 0.6) is 0 Å². The lowest BCUT2D eigenvalue weighted by Gasteiger charge is -2.19. The molecule has 0 spiro atoms. The number of hydrogen-bond donors (Lipinski definition) is 3. The van der Waals surface area contributed by atoms with E-state index in [1.807, 2.05) is 0 Å². The molecule has 3 N–H and O–H groups in total. The van der Waals surface area contributed by atoms with E-state index in [1.54, 1.807) is 26.8 Å². The Kier molecular flexibility index (Phi) is 6.75. The first-order chi connectivity index (χ1) is 10.3. The highest BCUT2D eigenvalue weighted by molar-refractivity contribution is 5.82. The summed E-state index contributed by atoms with van der Waals surface area (Å²) in [5.74, 6) is 0.188. The molecule has 0 atom stereocenters. The first kappa shape index (κ1) is 17.9. The Morgan fingerprint density at radius 2 is 2.00 bits per heavy atom. The maximum Gasteiger partial charge on any atom is 0.407 e. The topological polar surface area (TPSA) is 87.1 Å². The van der Waals surface area contributed by atoms with E-state index in [4.69, 9.17) is 10.1 Å². The molecule has 22 heavy (non-hydrogen) atoms. The summed E-state index contributed by atoms with van der Waals surface area (Å²) in [5.41, 5.74) is -0.0189. The number of nitrogens with zero attached hydrogens (tertiary/aromatic N) is 1. The average Bonchev–Trinajstić information content (AvgIpc) is 2.39. The first-order valence-corrected chi connectivity index (χ1v) is 7.15. The summed E-state index contributed by atoms with van der Waals surface area (Å²) in [6, 6.07) is 2.87. The minimum absolute atomic E-state index is 0.364. The molecule has 0 saturated carbocycles. The van der Waals surface area contributed by atoms with Gasteiger partial charge in [-0.15, -0.1) is 0 Å². The standard InChI is InChI=1S/C15H23FN4O2/c1-15(2,3)22-14(21)19-9-7-12(17)6-8-18-13-5-4-11(16)10-20-13/h4-5,10,17H,6-9H2,1-3H3,(H,18,20)(H,19,21). The lowest BCUT2D eigenvalue weighted by molar-refractivity contribution is 0.0529. The summed E-state index contributed by atoms with van der Waals surface area (Å²) in [7, 11) is 0. The molecule has 1 rings (SSSR count). The molecule has 0 unspecified atom stereocenters. The molecule has 122 valence electrons. The zero-order chi connectivity index (χ0) is 16.6. The van der Waals surface area contributed by atoms with Crippen LogP contribution in [-0.2, 0) is 4.74 Å². The highest BCUT2D eigenvalue weighted by atomic mass is 19.1. The summed E-state index contributed by atoms with van der Waals surface area (Å²) < 4.78 is 17.8. The number of aromatic nitrogens is 1. The van der Waals surface area contributed by atoms with E-state index >= 15 is 0 Å². The number of amides is 1. The highest BCUT2D eigenvalue weighted by Gasteiger charge is 2.15. The summed E-state index contributed by atoms with van der Waals surface area (Å²) >= 11 is 0. The van der Waals surface area contributed by atoms with Gasteiger partial charge in [0.2, 0.25) is 0 Å². The van der Waals surface area contributed by atoms with Crippen LogP contribution < -0.4 is 10.6 Å². The van der Waals surface area contributed by atoms with Crippen molar-refractivity contribution in [2.45, 2.75) is 39.2 Å². The number of alkyl carbamates (subject to hydrolysis) is 1. The van der Waals surface area contributed by atoms with Crippen molar-refractivity contribution in [1.82, 2.24) is 10.3 Å². The smallest absolute Gasteiger partial charge is 0.407 e. The minimum atomic E-state index is -0.524. The van der Waals surface area contributed by atoms with Crippen molar-refractivity contribution < 1.29 is 13.9 Å². The van der Waals surface area contributed by atoms with Crippen LogP contribution >= 0.6 is 0 Å². The third kappa shape index (κ3) is 8.18. The predicted octanol–water partition coefficient (Wildman–Crippen LogP) is 2.96. The Morgan fingerprint density at radius 3 is 2.59 bits per heavy atom. The second-order valence-corrected chi connectivity index (χ2v) is 5.82. The van der Waals surface area contributed by atoms with Crippen molar-refractivity contribution in [2.75, 3.05) is 18.4 Å². The summed E-state index contributed by atoms with van der Waals surface area (Å²) in [6.07, 6.45) is 1.64. The number of hydrogen-bond acceptors (Lipinski definition) is 5. The number of ether oxygens (including phenoxy) is 1. The number of carbonyl (C=O) groups is 1. The van der Waals surface area contributed by atoms with Crippen LogP contribution in [0.25, 0.3) is 0 Å². The minimum Gasteiger partial charge on any atom is -0.444 e. The van der Waals surface area contributed by atoms with Gasteiger partial charge in [0.1, 0.15) is 17.2 Å². The number of carbonyl (C=O) groups excluding carboxylic acids is 1. The third-order valence-corrected chi connectivity index (χ3v) is 2.56. The molecule has 0 aliphatic carbocycles. The van der Waals surface area contributed by atoms with E-state index in [2.05, 4.69) is 15.6 Å². The van der Waals surface area contributed by atoms with Gasteiger partial charge in [-0.2, -0.15) is 0 Å². The SMILES string of the molecule is CC(C)(C)OC(=O)NCCC(=N)CCNc1ccc(F)cn1. The number of halogens is 1. The van der Waals surface area contributed by atoms with Gasteiger partial charge >= 0.3 is 6.09 Å². The molecule has 1 aromatic rings. The van der Waals surface area contributed by atoms with Crippen LogP contribution in [0.2, 0.25) is 0 Å². The molecule has 1 heterocycles. The summed E-state index contributed by atoms with van der Waals surface area (Å²) in [6.45, 7) is 6.28. The molecule has 0 bridgehead atoms. The van der Waals surface area contributed by atoms with E-state index in [1.165, 1.54) is 6.07 Å². The van der Waals surface area contributed by atoms with Crippen molar-refractivity contribution in [1.29, 1.82) is 5.41 Å². The van der Waals surface area contributed by atoms with Gasteiger partial charge in [-0.1, -0.05) is 0 Å². The monoisotopic (exact) mass is 310 g/mol. The molecule has 1 amide bonds. The molecule has 0 aliphatic rings. The van der Waals surface area contributed by atoms with Crippen molar-refractivity contribution in [3.63, 3.8) is 0 Å². The van der Waals surface area contributed by atoms with Crippen molar-refractivity contribution in [3.8, 4) is 0 Å². The van der Waals surface area contributed by atoms with Crippen molar-refractivity contribution in [3.05, 3.63) is 24.1 Å². The number of rotatable bonds is 7. The highest BCUT2D eigenvalue weighted by Crippen LogP contribution is 2.06. The van der Waals surface area contributed by atoms with Crippen LogP contribution in [0, 0.1) is 11.2 Å². The van der Waals surface area contributed by atoms with Crippen LogP contribution in [0.3, 0.4) is 0 Å². The predicted molar refractivity (Wildman–Crippen MR) is 83.9 cm³/mol. The van der Waals surface area contributed by atoms with Gasteiger partial charge in [-0.3, -0.25) is 0 Å². The molecule has 7 heteroatoms. The zero-order valence-electron chi connectivity index (χ0n) is 13.2. The first-order valence-electron chi connectivity index (χ1n) is 7.15. The molecule has 0 fully saturated rings. The second kappa shape index (κ2) is 8.31. The van der Waals surface area contributed by atoms with Gasteiger partial charge in [0.05, 0.1) is 6.20 Å². The quantitative estimate of drug-likeness (QED) is 0.676. The third-order valence-electron chi connectivity index (χ3n) is 2.56. The van der Waals surface area contributed by atoms with Gasteiger partial charge in [0.15, 0.2) is 0 Å². The van der Waals surface area contributed by atoms with Crippen LogP contribution in [0.1, 0.15) is 33.6 Å². The van der Waals surface area contributed by atoms with Crippen molar-refractivity contribution >= 4 is 17.6 Å². The fourth-order valence-corrected chi connectivity index (χ4v) is 1.58. The molecule has 6 nitrogen and oxygen atoms in total. The summed E-state index contributed by atoms with van der Waals surface area (Å²) in [5, 5.41) is 13.4. The van der Waals surface area contributed by atoms with Gasteiger partial charge in [-0.25, -0.2) is 14.2 Å². The van der Waals surface area contributed by atoms with Gasteiger partial charge in [-0.05, 0) is 32.9 Å². The van der Waals surface area contributed by atoms with Gasteiger partial charge < -0.3 is 20.8 Å². The Hall–Kier alpha value is -2.18. The Labute approximate surface area is 130 Å². The molecular formula is C15H23FN4O2. The molecule has 0 aliphatic heterocycles. The van der Waals surface area contributed by atoms with E-state index in [0.717, 1.165) is 6.20 Å². The van der Waals surface area contributed by atoms with E-state index in [0.29, 0.717) is 37.5 Å². The largest absolute Gasteiger partial charge is 0.444 e. The van der Waals surface area contributed by atoms with E-state index in [-0.39, 0.29) is 5.82 Å². The number of pyridine rings is 1. The van der Waals surface area contributed by atoms with E-state index < -0.39 is 11.7 Å². The zero-order valence-corrected chi connectivity index (χ0v) is 13.2. The fourth-order valence-electron chi connectivity index (χ4n) is 1.58. The second-order valence-electron chi connectivity index (χ2n) is 5.82. The lowest BCUT2D eigenvalue weighted by Crippen LogP contribution is -2.33. The van der Waals surface area contributed by atoms with E-state index in [9.17, 15) is 9.18 Å². The van der Waals surface area contributed by atoms with Gasteiger partial charge in [0.25, 0.3) is 0 Å². The Bertz CT molecular complexity index is 497. The van der Waals surface area contributed by atoms with Crippen LogP contribution in [0.4, 0.5) is 15.0 Å². The Balaban J connectivity index is 2.13. The lowest BCUT2D eigenvalue weighted by atomic mass is 10.2. The molecule has 1 aromatic heterocycles. The molecule has 0 saturated heterocycles. The average molecular weight is 310 g/mol. The maximum atomic E-state index is 12.7. The van der Waals surface area contributed by atoms with Crippen LogP contribution in [-0.4, -0.2) is 35.5 Å². The molecule has 0 aromatic carbocycles. The number of nitrogens with one attached hydrogen (secondary N) is 3.